The number of benzene rings is 1. The summed E-state index contributed by atoms with van der Waals surface area (Å²) in [7, 11) is 5.41. The van der Waals surface area contributed by atoms with E-state index in [1.165, 1.54) is 11.8 Å². The molecule has 0 spiro atoms. The highest BCUT2D eigenvalue weighted by molar-refractivity contribution is 8.14. The van der Waals surface area contributed by atoms with E-state index in [0.29, 0.717) is 6.61 Å². The van der Waals surface area contributed by atoms with Crippen molar-refractivity contribution in [1.29, 1.82) is 0 Å². The van der Waals surface area contributed by atoms with Gasteiger partial charge < -0.3 is 29.3 Å². The van der Waals surface area contributed by atoms with Gasteiger partial charge in [0.15, 0.2) is 5.17 Å². The van der Waals surface area contributed by atoms with Crippen LogP contribution in [0.2, 0.25) is 0 Å². The van der Waals surface area contributed by atoms with Gasteiger partial charge in [-0.05, 0) is 24.6 Å². The molecular weight excluding hydrogens is 356 g/mol. The van der Waals surface area contributed by atoms with Gasteiger partial charge in [-0.3, -0.25) is 4.99 Å². The van der Waals surface area contributed by atoms with Crippen molar-refractivity contribution in [2.45, 2.75) is 49.4 Å². The lowest BCUT2D eigenvalue weighted by atomic mass is 9.95. The van der Waals surface area contributed by atoms with Crippen LogP contribution in [0.15, 0.2) is 29.3 Å². The third kappa shape index (κ3) is 3.99. The summed E-state index contributed by atoms with van der Waals surface area (Å²) in [5.41, 5.74) is 0.678. The highest BCUT2D eigenvalue weighted by Gasteiger charge is 2.50. The van der Waals surface area contributed by atoms with Crippen molar-refractivity contribution in [2.24, 2.45) is 4.99 Å². The Balaban J connectivity index is 1.60. The number of ether oxygens (including phenoxy) is 3. The summed E-state index contributed by atoms with van der Waals surface area (Å²) < 4.78 is 17.1. The summed E-state index contributed by atoms with van der Waals surface area (Å²) in [5.74, 6) is 0.789. The summed E-state index contributed by atoms with van der Waals surface area (Å²) >= 11 is 1.46. The second kappa shape index (κ2) is 8.14. The van der Waals surface area contributed by atoms with Gasteiger partial charge in [0.25, 0.3) is 0 Å². The number of aliphatic imine (C=N–C) groups is 1. The largest absolute Gasteiger partial charge is 0.497 e. The Kier molecular flexibility index (Phi) is 6.09. The van der Waals surface area contributed by atoms with Crippen LogP contribution >= 0.6 is 11.8 Å². The lowest BCUT2D eigenvalue weighted by Crippen LogP contribution is -2.58. The van der Waals surface area contributed by atoms with E-state index in [4.69, 9.17) is 14.2 Å². The molecule has 1 saturated heterocycles. The van der Waals surface area contributed by atoms with E-state index >= 15 is 0 Å². The van der Waals surface area contributed by atoms with Gasteiger partial charge in [-0.25, -0.2) is 0 Å². The maximum absolute atomic E-state index is 10.5. The summed E-state index contributed by atoms with van der Waals surface area (Å²) in [6, 6.07) is 7.15. The molecule has 26 heavy (non-hydrogen) atoms. The smallest absolute Gasteiger partial charge is 0.161 e. The Morgan fingerprint density at radius 1 is 1.23 bits per heavy atom. The van der Waals surface area contributed by atoms with Gasteiger partial charge in [0, 0.05) is 14.1 Å². The summed E-state index contributed by atoms with van der Waals surface area (Å²) in [6.45, 7) is 2.23. The van der Waals surface area contributed by atoms with Crippen LogP contribution in [-0.4, -0.2) is 77.4 Å². The molecule has 144 valence electrons. The van der Waals surface area contributed by atoms with Crippen molar-refractivity contribution in [3.8, 4) is 5.75 Å². The molecule has 0 saturated carbocycles. The number of nitrogens with zero attached hydrogens (tertiary/aromatic N) is 2. The first kappa shape index (κ1) is 19.4. The fourth-order valence-electron chi connectivity index (χ4n) is 3.02. The predicted octanol–water partition coefficient (Wildman–Crippen LogP) is 1.08. The fraction of sp³-hybridized carbons (Fsp3) is 0.611. The van der Waals surface area contributed by atoms with Gasteiger partial charge in [-0.1, -0.05) is 23.9 Å². The average Bonchev–Trinajstić information content (AvgIpc) is 3.08. The molecule has 2 aliphatic rings. The molecule has 2 N–H and O–H groups in total. The molecule has 0 amide bonds. The molecule has 2 aliphatic heterocycles. The standard InChI is InChI=1S/C18H26N2O5S/c1-10(24-9-11-5-7-12(23-4)8-6-11)16-15(22)14(21)13-17(25-16)26-18(19-13)20(2)3/h5-8,10,13-17,21-22H,9H2,1-4H3/t10-,13+,14+,15-,16+,17+/m0/s1. The molecule has 1 aromatic rings. The maximum atomic E-state index is 10.5. The Bertz CT molecular complexity index is 639. The minimum Gasteiger partial charge on any atom is -0.497 e. The lowest BCUT2D eigenvalue weighted by Gasteiger charge is -2.40. The number of aliphatic hydroxyl groups excluding tert-OH is 2. The van der Waals surface area contributed by atoms with Gasteiger partial charge in [-0.2, -0.15) is 0 Å². The molecule has 1 aromatic carbocycles. The Morgan fingerprint density at radius 2 is 1.92 bits per heavy atom. The number of thioether (sulfide) groups is 1. The summed E-state index contributed by atoms with van der Waals surface area (Å²) in [6.07, 6.45) is -3.02. The average molecular weight is 382 g/mol. The van der Waals surface area contributed by atoms with E-state index in [9.17, 15) is 10.2 Å². The molecule has 8 heteroatoms. The molecule has 6 atom stereocenters. The van der Waals surface area contributed by atoms with Crippen LogP contribution in [0.4, 0.5) is 0 Å². The normalized spacial score (nSPS) is 31.9. The number of hydrogen-bond donors (Lipinski definition) is 2. The molecule has 0 bridgehead atoms. The number of rotatable bonds is 5. The monoisotopic (exact) mass is 382 g/mol. The van der Waals surface area contributed by atoms with E-state index in [0.717, 1.165) is 16.5 Å². The zero-order chi connectivity index (χ0) is 18.8. The molecular formula is C18H26N2O5S. The van der Waals surface area contributed by atoms with Gasteiger partial charge in [-0.15, -0.1) is 0 Å². The molecule has 0 radical (unpaired) electrons. The molecule has 2 heterocycles. The number of fused-ring (bicyclic) bond motifs is 1. The summed E-state index contributed by atoms with van der Waals surface area (Å²) in [4.78, 5) is 6.34. The van der Waals surface area contributed by atoms with Gasteiger partial charge in [0.2, 0.25) is 0 Å². The van der Waals surface area contributed by atoms with Crippen LogP contribution in [0.1, 0.15) is 12.5 Å². The zero-order valence-electron chi connectivity index (χ0n) is 15.4. The quantitative estimate of drug-likeness (QED) is 0.788. The number of aliphatic hydroxyl groups is 2. The van der Waals surface area contributed by atoms with Crippen LogP contribution in [0.25, 0.3) is 0 Å². The van der Waals surface area contributed by atoms with Gasteiger partial charge in [0.1, 0.15) is 35.5 Å². The van der Waals surface area contributed by atoms with E-state index in [-0.39, 0.29) is 11.5 Å². The Morgan fingerprint density at radius 3 is 2.54 bits per heavy atom. The third-order valence-corrected chi connectivity index (χ3v) is 5.91. The minimum absolute atomic E-state index is 0.317. The van der Waals surface area contributed by atoms with E-state index in [2.05, 4.69) is 4.99 Å². The lowest BCUT2D eigenvalue weighted by molar-refractivity contribution is -0.193. The van der Waals surface area contributed by atoms with Crippen LogP contribution in [0.5, 0.6) is 5.75 Å². The molecule has 3 rings (SSSR count). The first-order chi connectivity index (χ1) is 12.4. The van der Waals surface area contributed by atoms with E-state index in [1.807, 2.05) is 50.2 Å². The van der Waals surface area contributed by atoms with E-state index in [1.54, 1.807) is 7.11 Å². The van der Waals surface area contributed by atoms with E-state index < -0.39 is 24.4 Å². The van der Waals surface area contributed by atoms with Gasteiger partial charge >= 0.3 is 0 Å². The molecule has 7 nitrogen and oxygen atoms in total. The molecule has 0 aliphatic carbocycles. The minimum atomic E-state index is -1.05. The van der Waals surface area contributed by atoms with Crippen LogP contribution < -0.4 is 4.74 Å². The predicted molar refractivity (Wildman–Crippen MR) is 100 cm³/mol. The van der Waals surface area contributed by atoms with Crippen molar-refractivity contribution in [3.05, 3.63) is 29.8 Å². The fourth-order valence-corrected chi connectivity index (χ4v) is 4.17. The van der Waals surface area contributed by atoms with Crippen LogP contribution in [0, 0.1) is 0 Å². The SMILES string of the molecule is COc1ccc(CO[C@@H](C)[C@H]2O[C@@H]3SC(N(C)C)=N[C@@H]3[C@@H](O)[C@@H]2O)cc1. The second-order valence-electron chi connectivity index (χ2n) is 6.73. The van der Waals surface area contributed by atoms with Crippen molar-refractivity contribution in [1.82, 2.24) is 4.90 Å². The highest BCUT2D eigenvalue weighted by Crippen LogP contribution is 2.38. The third-order valence-electron chi connectivity index (χ3n) is 4.60. The topological polar surface area (TPSA) is 83.8 Å². The van der Waals surface area contributed by atoms with Crippen molar-refractivity contribution in [3.63, 3.8) is 0 Å². The van der Waals surface area contributed by atoms with Crippen LogP contribution in [-0.2, 0) is 16.1 Å². The Labute approximate surface area is 158 Å². The number of amidine groups is 1. The second-order valence-corrected chi connectivity index (χ2v) is 7.79. The van der Waals surface area contributed by atoms with Crippen LogP contribution in [0.3, 0.4) is 0 Å². The number of hydrogen-bond acceptors (Lipinski definition) is 8. The first-order valence-electron chi connectivity index (χ1n) is 8.58. The zero-order valence-corrected chi connectivity index (χ0v) is 16.2. The van der Waals surface area contributed by atoms with Gasteiger partial charge in [0.05, 0.1) is 19.8 Å². The van der Waals surface area contributed by atoms with Crippen molar-refractivity contribution in [2.75, 3.05) is 21.2 Å². The highest BCUT2D eigenvalue weighted by atomic mass is 32.2. The van der Waals surface area contributed by atoms with Crippen molar-refractivity contribution < 1.29 is 24.4 Å². The first-order valence-corrected chi connectivity index (χ1v) is 9.46. The molecule has 0 unspecified atom stereocenters. The van der Waals surface area contributed by atoms with Crippen molar-refractivity contribution >= 4 is 16.9 Å². The summed E-state index contributed by atoms with van der Waals surface area (Å²) in [5, 5.41) is 21.7. The Hall–Kier alpha value is -1.32. The number of methoxy groups -OCH3 is 1. The maximum Gasteiger partial charge on any atom is 0.161 e. The molecule has 1 fully saturated rings. The molecule has 0 aromatic heterocycles.